The van der Waals surface area contributed by atoms with Crippen molar-refractivity contribution in [2.45, 2.75) is 180 Å². The molecule has 0 saturated carbocycles. The molecule has 0 heterocycles. The van der Waals surface area contributed by atoms with Crippen molar-refractivity contribution in [1.29, 1.82) is 0 Å². The zero-order chi connectivity index (χ0) is 46.2. The van der Waals surface area contributed by atoms with Gasteiger partial charge in [-0.3, -0.25) is 18.6 Å². The molecular weight excluding hydrogens is 814 g/mol. The molecule has 0 saturated heterocycles. The minimum atomic E-state index is -4.64. The number of unbranched alkanes of at least 4 members (excludes halogenated alkanes) is 12. The van der Waals surface area contributed by atoms with Crippen molar-refractivity contribution in [2.75, 3.05) is 26.4 Å². The van der Waals surface area contributed by atoms with Gasteiger partial charge in [-0.15, -0.1) is 0 Å². The van der Waals surface area contributed by atoms with Crippen LogP contribution < -0.4 is 5.73 Å². The SMILES string of the molecule is CC/C=C\C/C=C\C/C=C\C/C=C\C/C=C\CCCC(=O)OC(COCCCCCCCCCCCCC/C=C\C/C=C\C/C=C\C/C=C\CC)COP(=O)(O)OCC(N)C(=O)O. The van der Waals surface area contributed by atoms with Gasteiger partial charge >= 0.3 is 19.8 Å². The van der Waals surface area contributed by atoms with E-state index in [2.05, 4.69) is 117 Å². The molecule has 0 spiro atoms. The van der Waals surface area contributed by atoms with Gasteiger partial charge in [0.05, 0.1) is 19.8 Å². The smallest absolute Gasteiger partial charge is 0.472 e. The molecule has 11 heteroatoms. The van der Waals surface area contributed by atoms with Crippen LogP contribution in [0.3, 0.4) is 0 Å². The summed E-state index contributed by atoms with van der Waals surface area (Å²) >= 11 is 0. The molecule has 0 bridgehead atoms. The van der Waals surface area contributed by atoms with Gasteiger partial charge in [0.2, 0.25) is 0 Å². The second-order valence-electron chi connectivity index (χ2n) is 15.5. The van der Waals surface area contributed by atoms with Crippen molar-refractivity contribution < 1.29 is 42.7 Å². The van der Waals surface area contributed by atoms with Crippen molar-refractivity contribution in [3.8, 4) is 0 Å². The molecular formula is C52H86NO9P. The van der Waals surface area contributed by atoms with Gasteiger partial charge in [-0.2, -0.15) is 0 Å². The standard InChI is InChI=1S/C52H86NO9P/c1-3-5-7-9-11-13-15-17-19-21-22-23-24-25-26-27-29-31-33-35-37-39-41-43-45-59-46-49(47-60-63(57,58)61-48-50(53)52(55)56)62-51(54)44-42-40-38-36-34-32-30-28-20-18-16-14-12-10-8-6-4-2/h5-8,11-14,17-20,22-23,30,32,36,38,49-50H,3-4,9-10,15-16,21,24-29,31,33-35,37,39-48,53H2,1-2H3,(H,55,56)(H,57,58)/b7-5-,8-6-,13-11-,14-12-,19-17-,20-18-,23-22-,32-30-,38-36-. The summed E-state index contributed by atoms with van der Waals surface area (Å²) in [6.45, 7) is 3.56. The Hall–Kier alpha value is -3.37. The van der Waals surface area contributed by atoms with Gasteiger partial charge in [-0.1, -0.05) is 181 Å². The van der Waals surface area contributed by atoms with Crippen LogP contribution in [0.25, 0.3) is 0 Å². The second kappa shape index (κ2) is 46.6. The number of carboxylic acid groups (broad SMARTS) is 1. The number of hydrogen-bond acceptors (Lipinski definition) is 8. The summed E-state index contributed by atoms with van der Waals surface area (Å²) in [4.78, 5) is 33.6. The quantitative estimate of drug-likeness (QED) is 0.0233. The first kappa shape index (κ1) is 59.6. The molecule has 0 amide bonds. The predicted octanol–water partition coefficient (Wildman–Crippen LogP) is 13.9. The average Bonchev–Trinajstić information content (AvgIpc) is 3.26. The molecule has 3 atom stereocenters. The Balaban J connectivity index is 4.25. The number of phosphoric ester groups is 1. The summed E-state index contributed by atoms with van der Waals surface area (Å²) in [5, 5.41) is 8.92. The van der Waals surface area contributed by atoms with E-state index in [0.717, 1.165) is 77.0 Å². The number of aliphatic carboxylic acids is 1. The summed E-state index contributed by atoms with van der Waals surface area (Å²) in [6.07, 6.45) is 63.0. The molecule has 63 heavy (non-hydrogen) atoms. The molecule has 0 aliphatic heterocycles. The monoisotopic (exact) mass is 900 g/mol. The highest BCUT2D eigenvalue weighted by Gasteiger charge is 2.27. The van der Waals surface area contributed by atoms with Gasteiger partial charge in [-0.25, -0.2) is 4.57 Å². The summed E-state index contributed by atoms with van der Waals surface area (Å²) in [7, 11) is -4.64. The molecule has 0 aromatic carbocycles. The summed E-state index contributed by atoms with van der Waals surface area (Å²) in [5.74, 6) is -1.85. The number of esters is 1. The lowest BCUT2D eigenvalue weighted by atomic mass is 10.1. The maximum atomic E-state index is 12.6. The molecule has 0 radical (unpaired) electrons. The van der Waals surface area contributed by atoms with E-state index in [-0.39, 0.29) is 13.0 Å². The van der Waals surface area contributed by atoms with E-state index in [0.29, 0.717) is 19.4 Å². The number of carbonyl (C=O) groups excluding carboxylic acids is 1. The van der Waals surface area contributed by atoms with Crippen molar-refractivity contribution in [1.82, 2.24) is 0 Å². The zero-order valence-electron chi connectivity index (χ0n) is 39.1. The largest absolute Gasteiger partial charge is 0.480 e. The van der Waals surface area contributed by atoms with Gasteiger partial charge in [0, 0.05) is 13.0 Å². The zero-order valence-corrected chi connectivity index (χ0v) is 40.0. The fourth-order valence-electron chi connectivity index (χ4n) is 5.92. The fourth-order valence-corrected chi connectivity index (χ4v) is 6.70. The van der Waals surface area contributed by atoms with E-state index in [1.165, 1.54) is 57.8 Å². The molecule has 0 aliphatic rings. The van der Waals surface area contributed by atoms with Crippen molar-refractivity contribution in [2.24, 2.45) is 5.73 Å². The van der Waals surface area contributed by atoms with Gasteiger partial charge in [-0.05, 0) is 89.9 Å². The van der Waals surface area contributed by atoms with Crippen LogP contribution in [-0.2, 0) is 32.7 Å². The Labute approximate surface area is 382 Å². The summed E-state index contributed by atoms with van der Waals surface area (Å²) in [5.41, 5.74) is 5.36. The van der Waals surface area contributed by atoms with Gasteiger partial charge in [0.25, 0.3) is 0 Å². The highest BCUT2D eigenvalue weighted by Crippen LogP contribution is 2.43. The second-order valence-corrected chi connectivity index (χ2v) is 16.9. The molecule has 0 fully saturated rings. The molecule has 0 aromatic heterocycles. The maximum Gasteiger partial charge on any atom is 0.472 e. The van der Waals surface area contributed by atoms with Crippen LogP contribution in [0.2, 0.25) is 0 Å². The van der Waals surface area contributed by atoms with Crippen LogP contribution in [0, 0.1) is 0 Å². The number of carbonyl (C=O) groups is 2. The van der Waals surface area contributed by atoms with Crippen LogP contribution >= 0.6 is 7.82 Å². The van der Waals surface area contributed by atoms with E-state index >= 15 is 0 Å². The maximum absolute atomic E-state index is 12.6. The number of allylic oxidation sites excluding steroid dienone is 18. The van der Waals surface area contributed by atoms with E-state index < -0.39 is 45.1 Å². The lowest BCUT2D eigenvalue weighted by molar-refractivity contribution is -0.154. The van der Waals surface area contributed by atoms with Crippen LogP contribution in [0.1, 0.15) is 168 Å². The molecule has 3 unspecified atom stereocenters. The fraction of sp³-hybridized carbons (Fsp3) is 0.615. The third-order valence-corrected chi connectivity index (χ3v) is 10.5. The Bertz CT molecular complexity index is 1410. The molecule has 0 aromatic rings. The van der Waals surface area contributed by atoms with Crippen molar-refractivity contribution in [3.05, 3.63) is 109 Å². The van der Waals surface area contributed by atoms with E-state index in [4.69, 9.17) is 29.4 Å². The van der Waals surface area contributed by atoms with Crippen molar-refractivity contribution in [3.63, 3.8) is 0 Å². The van der Waals surface area contributed by atoms with E-state index in [1.54, 1.807) is 0 Å². The molecule has 0 aliphatic carbocycles. The number of rotatable bonds is 44. The van der Waals surface area contributed by atoms with Crippen LogP contribution in [-0.4, -0.2) is 60.5 Å². The minimum absolute atomic E-state index is 0.0153. The van der Waals surface area contributed by atoms with Gasteiger partial charge in [0.1, 0.15) is 12.1 Å². The number of nitrogens with two attached hydrogens (primary N) is 1. The number of hydrogen-bond donors (Lipinski definition) is 3. The van der Waals surface area contributed by atoms with Crippen LogP contribution in [0.15, 0.2) is 109 Å². The van der Waals surface area contributed by atoms with Crippen LogP contribution in [0.5, 0.6) is 0 Å². The van der Waals surface area contributed by atoms with E-state index in [9.17, 15) is 19.0 Å². The van der Waals surface area contributed by atoms with Crippen molar-refractivity contribution >= 4 is 19.8 Å². The number of phosphoric acid groups is 1. The first-order chi connectivity index (χ1) is 30.7. The lowest BCUT2D eigenvalue weighted by Gasteiger charge is -2.20. The Morgan fingerprint density at radius 2 is 0.873 bits per heavy atom. The highest BCUT2D eigenvalue weighted by molar-refractivity contribution is 7.47. The first-order valence-corrected chi connectivity index (χ1v) is 25.4. The highest BCUT2D eigenvalue weighted by atomic mass is 31.2. The third-order valence-electron chi connectivity index (χ3n) is 9.55. The van der Waals surface area contributed by atoms with Gasteiger partial charge in [0.15, 0.2) is 0 Å². The molecule has 0 rings (SSSR count). The Morgan fingerprint density at radius 1 is 0.508 bits per heavy atom. The summed E-state index contributed by atoms with van der Waals surface area (Å²) < 4.78 is 33.4. The Morgan fingerprint density at radius 3 is 1.30 bits per heavy atom. The topological polar surface area (TPSA) is 155 Å². The number of carboxylic acids is 1. The average molecular weight is 900 g/mol. The third kappa shape index (κ3) is 46.4. The normalized spacial score (nSPS) is 14.7. The minimum Gasteiger partial charge on any atom is -0.480 e. The first-order valence-electron chi connectivity index (χ1n) is 23.9. The summed E-state index contributed by atoms with van der Waals surface area (Å²) in [6, 6.07) is -1.49. The Kier molecular flexibility index (Phi) is 44.1. The molecule has 10 nitrogen and oxygen atoms in total. The van der Waals surface area contributed by atoms with Gasteiger partial charge < -0.3 is 25.2 Å². The molecule has 358 valence electrons. The van der Waals surface area contributed by atoms with Crippen LogP contribution in [0.4, 0.5) is 0 Å². The lowest BCUT2D eigenvalue weighted by Crippen LogP contribution is -2.34. The predicted molar refractivity (Wildman–Crippen MR) is 262 cm³/mol. The molecule has 4 N–H and O–H groups in total. The van der Waals surface area contributed by atoms with E-state index in [1.807, 2.05) is 6.08 Å². The number of ether oxygens (including phenoxy) is 2.